The summed E-state index contributed by atoms with van der Waals surface area (Å²) < 4.78 is 13.9. The Labute approximate surface area is 156 Å². The number of nitrogens with two attached hydrogens (primary N) is 1. The quantitative estimate of drug-likeness (QED) is 0.836. The van der Waals surface area contributed by atoms with Crippen molar-refractivity contribution in [2.24, 2.45) is 17.1 Å². The number of benzene rings is 1. The normalized spacial score (nSPS) is 16.8. The van der Waals surface area contributed by atoms with Crippen LogP contribution in [0.4, 0.5) is 9.39 Å². The Kier molecular flexibility index (Phi) is 4.88. The number of carbonyl (C=O) groups is 2. The SMILES string of the molecule is CC(C)(C)C1CCc2c(sc(NC(=O)c3ccccc3F)c2C(N)=O)C1. The van der Waals surface area contributed by atoms with E-state index < -0.39 is 17.6 Å². The summed E-state index contributed by atoms with van der Waals surface area (Å²) in [5.74, 6) is -1.22. The molecule has 2 amide bonds. The van der Waals surface area contributed by atoms with Crippen LogP contribution in [0, 0.1) is 17.2 Å². The Morgan fingerprint density at radius 3 is 2.58 bits per heavy atom. The van der Waals surface area contributed by atoms with Crippen molar-refractivity contribution in [3.63, 3.8) is 0 Å². The van der Waals surface area contributed by atoms with E-state index in [-0.39, 0.29) is 11.0 Å². The van der Waals surface area contributed by atoms with Gasteiger partial charge in [0.25, 0.3) is 11.8 Å². The second-order valence-corrected chi connectivity index (χ2v) is 8.92. The van der Waals surface area contributed by atoms with Crippen molar-refractivity contribution in [1.29, 1.82) is 0 Å². The molecule has 6 heteroatoms. The summed E-state index contributed by atoms with van der Waals surface area (Å²) in [6.07, 6.45) is 2.61. The molecule has 1 aromatic heterocycles. The number of anilines is 1. The van der Waals surface area contributed by atoms with E-state index >= 15 is 0 Å². The standard InChI is InChI=1S/C20H23FN2O2S/c1-20(2,3)11-8-9-13-15(10-11)26-19(16(13)17(22)24)23-18(25)12-6-4-5-7-14(12)21/h4-7,11H,8-10H2,1-3H3,(H2,22,24)(H,23,25). The Morgan fingerprint density at radius 2 is 1.96 bits per heavy atom. The molecule has 0 saturated carbocycles. The van der Waals surface area contributed by atoms with Gasteiger partial charge in [0.1, 0.15) is 10.8 Å². The lowest BCUT2D eigenvalue weighted by Crippen LogP contribution is -2.27. The summed E-state index contributed by atoms with van der Waals surface area (Å²) in [7, 11) is 0. The van der Waals surface area contributed by atoms with Crippen LogP contribution in [0.25, 0.3) is 0 Å². The highest BCUT2D eigenvalue weighted by Crippen LogP contribution is 2.44. The first-order chi connectivity index (χ1) is 12.2. The van der Waals surface area contributed by atoms with E-state index in [1.807, 2.05) is 0 Å². The minimum absolute atomic E-state index is 0.0538. The summed E-state index contributed by atoms with van der Waals surface area (Å²) in [5, 5.41) is 3.12. The number of halogens is 1. The van der Waals surface area contributed by atoms with Crippen LogP contribution in [0.15, 0.2) is 24.3 Å². The van der Waals surface area contributed by atoms with Crippen molar-refractivity contribution in [2.45, 2.75) is 40.0 Å². The highest BCUT2D eigenvalue weighted by Gasteiger charge is 2.33. The van der Waals surface area contributed by atoms with Gasteiger partial charge in [-0.2, -0.15) is 0 Å². The van der Waals surface area contributed by atoms with Gasteiger partial charge in [0.2, 0.25) is 0 Å². The van der Waals surface area contributed by atoms with Gasteiger partial charge in [-0.1, -0.05) is 32.9 Å². The van der Waals surface area contributed by atoms with Crippen LogP contribution >= 0.6 is 11.3 Å². The highest BCUT2D eigenvalue weighted by molar-refractivity contribution is 7.17. The summed E-state index contributed by atoms with van der Waals surface area (Å²) in [4.78, 5) is 25.6. The van der Waals surface area contributed by atoms with E-state index in [0.29, 0.717) is 16.5 Å². The number of rotatable bonds is 3. The van der Waals surface area contributed by atoms with Crippen LogP contribution in [0.3, 0.4) is 0 Å². The Balaban J connectivity index is 1.94. The molecule has 4 nitrogen and oxygen atoms in total. The van der Waals surface area contributed by atoms with Crippen molar-refractivity contribution < 1.29 is 14.0 Å². The van der Waals surface area contributed by atoms with E-state index in [1.54, 1.807) is 6.07 Å². The number of hydrogen-bond donors (Lipinski definition) is 2. The first kappa shape index (κ1) is 18.6. The molecule has 0 fully saturated rings. The van der Waals surface area contributed by atoms with E-state index in [1.165, 1.54) is 29.5 Å². The summed E-state index contributed by atoms with van der Waals surface area (Å²) >= 11 is 1.38. The minimum atomic E-state index is -0.597. The molecular formula is C20H23FN2O2S. The van der Waals surface area contributed by atoms with Crippen LogP contribution in [0.1, 0.15) is 58.3 Å². The Bertz CT molecular complexity index is 867. The third kappa shape index (κ3) is 3.51. The van der Waals surface area contributed by atoms with Crippen LogP contribution in [-0.4, -0.2) is 11.8 Å². The average Bonchev–Trinajstić information content (AvgIpc) is 2.91. The number of nitrogens with one attached hydrogen (secondary N) is 1. The van der Waals surface area contributed by atoms with E-state index in [0.717, 1.165) is 29.7 Å². The van der Waals surface area contributed by atoms with Crippen molar-refractivity contribution in [3.8, 4) is 0 Å². The van der Waals surface area contributed by atoms with Gasteiger partial charge in [0.15, 0.2) is 0 Å². The van der Waals surface area contributed by atoms with Gasteiger partial charge in [-0.25, -0.2) is 4.39 Å². The van der Waals surface area contributed by atoms with Crippen molar-refractivity contribution in [2.75, 3.05) is 5.32 Å². The van der Waals surface area contributed by atoms with Crippen LogP contribution in [-0.2, 0) is 12.8 Å². The molecule has 0 spiro atoms. The predicted molar refractivity (Wildman–Crippen MR) is 102 cm³/mol. The largest absolute Gasteiger partial charge is 0.365 e. The fraction of sp³-hybridized carbons (Fsp3) is 0.400. The highest BCUT2D eigenvalue weighted by atomic mass is 32.1. The second-order valence-electron chi connectivity index (χ2n) is 7.81. The third-order valence-corrected chi connectivity index (χ3v) is 6.25. The van der Waals surface area contributed by atoms with Crippen molar-refractivity contribution in [1.82, 2.24) is 0 Å². The molecule has 1 heterocycles. The van der Waals surface area contributed by atoms with Gasteiger partial charge >= 0.3 is 0 Å². The summed E-state index contributed by atoms with van der Waals surface area (Å²) in [5.41, 5.74) is 7.02. The maximum atomic E-state index is 13.9. The van der Waals surface area contributed by atoms with Crippen molar-refractivity contribution in [3.05, 3.63) is 51.7 Å². The first-order valence-corrected chi connectivity index (χ1v) is 9.50. The molecule has 0 bridgehead atoms. The molecule has 138 valence electrons. The Hall–Kier alpha value is -2.21. The molecule has 1 aromatic carbocycles. The zero-order chi connectivity index (χ0) is 19.1. The van der Waals surface area contributed by atoms with Gasteiger partial charge in [-0.05, 0) is 48.3 Å². The number of hydrogen-bond acceptors (Lipinski definition) is 3. The monoisotopic (exact) mass is 374 g/mol. The van der Waals surface area contributed by atoms with Crippen LogP contribution < -0.4 is 11.1 Å². The Morgan fingerprint density at radius 1 is 1.27 bits per heavy atom. The molecule has 1 unspecified atom stereocenters. The van der Waals surface area contributed by atoms with E-state index in [2.05, 4.69) is 26.1 Å². The lowest BCUT2D eigenvalue weighted by Gasteiger charge is -2.33. The lowest BCUT2D eigenvalue weighted by atomic mass is 9.72. The first-order valence-electron chi connectivity index (χ1n) is 8.68. The van der Waals surface area contributed by atoms with Crippen LogP contribution in [0.2, 0.25) is 0 Å². The predicted octanol–water partition coefficient (Wildman–Crippen LogP) is 4.39. The average molecular weight is 374 g/mol. The molecule has 1 aliphatic carbocycles. The molecule has 0 radical (unpaired) electrons. The van der Waals surface area contributed by atoms with Crippen LogP contribution in [0.5, 0.6) is 0 Å². The van der Waals surface area contributed by atoms with Gasteiger partial charge in [-0.3, -0.25) is 9.59 Å². The number of amides is 2. The summed E-state index contributed by atoms with van der Waals surface area (Å²) in [6, 6.07) is 5.77. The maximum absolute atomic E-state index is 13.9. The molecule has 3 N–H and O–H groups in total. The number of fused-ring (bicyclic) bond motifs is 1. The van der Waals surface area contributed by atoms with E-state index in [4.69, 9.17) is 5.73 Å². The van der Waals surface area contributed by atoms with E-state index in [9.17, 15) is 14.0 Å². The molecule has 1 atom stereocenters. The molecule has 26 heavy (non-hydrogen) atoms. The second kappa shape index (κ2) is 6.83. The molecule has 0 saturated heterocycles. The van der Waals surface area contributed by atoms with Crippen molar-refractivity contribution >= 4 is 28.2 Å². The number of thiophene rings is 1. The fourth-order valence-corrected chi connectivity index (χ4v) is 4.82. The van der Waals surface area contributed by atoms with Gasteiger partial charge in [0.05, 0.1) is 11.1 Å². The number of primary amides is 1. The zero-order valence-corrected chi connectivity index (χ0v) is 16.0. The minimum Gasteiger partial charge on any atom is -0.365 e. The molecular weight excluding hydrogens is 351 g/mol. The molecule has 3 rings (SSSR count). The lowest BCUT2D eigenvalue weighted by molar-refractivity contribution is 0.1000. The zero-order valence-electron chi connectivity index (χ0n) is 15.2. The maximum Gasteiger partial charge on any atom is 0.259 e. The van der Waals surface area contributed by atoms with Gasteiger partial charge in [-0.15, -0.1) is 11.3 Å². The topological polar surface area (TPSA) is 72.2 Å². The number of carbonyl (C=O) groups excluding carboxylic acids is 2. The van der Waals surface area contributed by atoms with Gasteiger partial charge in [0, 0.05) is 4.88 Å². The molecule has 2 aromatic rings. The third-order valence-electron chi connectivity index (χ3n) is 5.08. The molecule has 1 aliphatic rings. The van der Waals surface area contributed by atoms with Gasteiger partial charge < -0.3 is 11.1 Å². The molecule has 0 aliphatic heterocycles. The smallest absolute Gasteiger partial charge is 0.259 e. The fourth-order valence-electron chi connectivity index (χ4n) is 3.49. The summed E-state index contributed by atoms with van der Waals surface area (Å²) in [6.45, 7) is 6.64.